The minimum absolute atomic E-state index is 0.0474. The van der Waals surface area contributed by atoms with Crippen LogP contribution in [0.1, 0.15) is 49.9 Å². The first kappa shape index (κ1) is 22.0. The number of ether oxygens (including phenoxy) is 2. The highest BCUT2D eigenvalue weighted by Gasteiger charge is 2.23. The SMILES string of the molecule is CCCOc1ccc(C(=O)NCCCN2CCCC(C(N)=O)C2)cc1OCC. The summed E-state index contributed by atoms with van der Waals surface area (Å²) in [7, 11) is 0. The maximum atomic E-state index is 12.4. The number of benzene rings is 1. The number of carbonyl (C=O) groups excluding carboxylic acids is 2. The number of primary amides is 1. The number of nitrogens with two attached hydrogens (primary N) is 1. The van der Waals surface area contributed by atoms with E-state index >= 15 is 0 Å². The first-order valence-electron chi connectivity index (χ1n) is 10.2. The van der Waals surface area contributed by atoms with E-state index in [4.69, 9.17) is 15.2 Å². The fourth-order valence-electron chi connectivity index (χ4n) is 3.35. The smallest absolute Gasteiger partial charge is 0.251 e. The number of hydrogen-bond donors (Lipinski definition) is 2. The van der Waals surface area contributed by atoms with Crippen LogP contribution in [0.4, 0.5) is 0 Å². The van der Waals surface area contributed by atoms with Crippen molar-refractivity contribution in [3.05, 3.63) is 23.8 Å². The second-order valence-electron chi connectivity index (χ2n) is 7.09. The molecule has 1 aromatic rings. The Hall–Kier alpha value is -2.28. The summed E-state index contributed by atoms with van der Waals surface area (Å²) in [6.45, 7) is 8.19. The molecule has 2 amide bonds. The van der Waals surface area contributed by atoms with Crippen molar-refractivity contribution < 1.29 is 19.1 Å². The van der Waals surface area contributed by atoms with E-state index in [-0.39, 0.29) is 17.7 Å². The van der Waals surface area contributed by atoms with E-state index in [2.05, 4.69) is 10.2 Å². The van der Waals surface area contributed by atoms with E-state index in [1.165, 1.54) is 0 Å². The second-order valence-corrected chi connectivity index (χ2v) is 7.09. The second kappa shape index (κ2) is 11.5. The highest BCUT2D eigenvalue weighted by atomic mass is 16.5. The number of carbonyl (C=O) groups is 2. The fourth-order valence-corrected chi connectivity index (χ4v) is 3.35. The summed E-state index contributed by atoms with van der Waals surface area (Å²) in [4.78, 5) is 26.0. The van der Waals surface area contributed by atoms with Crippen molar-refractivity contribution in [2.75, 3.05) is 39.4 Å². The van der Waals surface area contributed by atoms with Crippen LogP contribution in [0.3, 0.4) is 0 Å². The summed E-state index contributed by atoms with van der Waals surface area (Å²) in [5.74, 6) is 0.864. The summed E-state index contributed by atoms with van der Waals surface area (Å²) in [6, 6.07) is 5.27. The van der Waals surface area contributed by atoms with Crippen molar-refractivity contribution in [1.29, 1.82) is 0 Å². The number of hydrogen-bond acceptors (Lipinski definition) is 5. The largest absolute Gasteiger partial charge is 0.490 e. The molecule has 0 aromatic heterocycles. The van der Waals surface area contributed by atoms with Gasteiger partial charge in [-0.15, -0.1) is 0 Å². The quantitative estimate of drug-likeness (QED) is 0.564. The zero-order chi connectivity index (χ0) is 20.4. The van der Waals surface area contributed by atoms with E-state index in [1.54, 1.807) is 18.2 Å². The average molecular weight is 392 g/mol. The summed E-state index contributed by atoms with van der Waals surface area (Å²) >= 11 is 0. The molecule has 1 atom stereocenters. The Morgan fingerprint density at radius 1 is 1.25 bits per heavy atom. The molecule has 1 aliphatic heterocycles. The van der Waals surface area contributed by atoms with Crippen molar-refractivity contribution in [2.45, 2.75) is 39.5 Å². The molecule has 1 aliphatic rings. The molecule has 7 heteroatoms. The molecule has 7 nitrogen and oxygen atoms in total. The zero-order valence-electron chi connectivity index (χ0n) is 17.0. The highest BCUT2D eigenvalue weighted by Crippen LogP contribution is 2.28. The van der Waals surface area contributed by atoms with Gasteiger partial charge in [-0.2, -0.15) is 0 Å². The molecule has 1 fully saturated rings. The minimum atomic E-state index is -0.213. The van der Waals surface area contributed by atoms with Gasteiger partial charge in [-0.3, -0.25) is 9.59 Å². The molecule has 0 bridgehead atoms. The predicted octanol–water partition coefficient (Wildman–Crippen LogP) is 2.19. The highest BCUT2D eigenvalue weighted by molar-refractivity contribution is 5.94. The summed E-state index contributed by atoms with van der Waals surface area (Å²) < 4.78 is 11.3. The van der Waals surface area contributed by atoms with Crippen molar-refractivity contribution in [3.63, 3.8) is 0 Å². The molecular weight excluding hydrogens is 358 g/mol. The number of nitrogens with zero attached hydrogens (tertiary/aromatic N) is 1. The summed E-state index contributed by atoms with van der Waals surface area (Å²) in [5.41, 5.74) is 5.97. The molecule has 0 aliphatic carbocycles. The Balaban J connectivity index is 1.80. The van der Waals surface area contributed by atoms with Gasteiger partial charge in [0.25, 0.3) is 5.91 Å². The van der Waals surface area contributed by atoms with Gasteiger partial charge in [0, 0.05) is 18.7 Å². The summed E-state index contributed by atoms with van der Waals surface area (Å²) in [6.07, 6.45) is 3.60. The maximum Gasteiger partial charge on any atom is 0.251 e. The molecule has 0 spiro atoms. The monoisotopic (exact) mass is 391 g/mol. The molecular formula is C21H33N3O4. The lowest BCUT2D eigenvalue weighted by molar-refractivity contribution is -0.123. The van der Waals surface area contributed by atoms with Crippen LogP contribution in [-0.4, -0.2) is 56.1 Å². The first-order valence-corrected chi connectivity index (χ1v) is 10.2. The molecule has 1 heterocycles. The molecule has 156 valence electrons. The Morgan fingerprint density at radius 2 is 2.07 bits per heavy atom. The lowest BCUT2D eigenvalue weighted by Gasteiger charge is -2.31. The van der Waals surface area contributed by atoms with E-state index in [0.717, 1.165) is 45.3 Å². The lowest BCUT2D eigenvalue weighted by atomic mass is 9.97. The molecule has 2 rings (SSSR count). The van der Waals surface area contributed by atoms with E-state index in [0.29, 0.717) is 36.8 Å². The third-order valence-electron chi connectivity index (χ3n) is 4.81. The van der Waals surface area contributed by atoms with E-state index < -0.39 is 0 Å². The molecule has 0 saturated carbocycles. The van der Waals surface area contributed by atoms with Crippen LogP contribution in [-0.2, 0) is 4.79 Å². The first-order chi connectivity index (χ1) is 13.5. The van der Waals surface area contributed by atoms with Gasteiger partial charge < -0.3 is 25.4 Å². The Bertz CT molecular complexity index is 651. The van der Waals surface area contributed by atoms with Crippen LogP contribution >= 0.6 is 0 Å². The third kappa shape index (κ3) is 6.71. The standard InChI is InChI=1S/C21H33N3O4/c1-3-13-28-18-9-8-16(14-19(18)27-4-2)21(26)23-10-6-12-24-11-5-7-17(15-24)20(22)25/h8-9,14,17H,3-7,10-13,15H2,1-2H3,(H2,22,25)(H,23,26). The third-order valence-corrected chi connectivity index (χ3v) is 4.81. The van der Waals surface area contributed by atoms with Crippen LogP contribution in [0.5, 0.6) is 11.5 Å². The van der Waals surface area contributed by atoms with Gasteiger partial charge in [0.1, 0.15) is 0 Å². The minimum Gasteiger partial charge on any atom is -0.490 e. The van der Waals surface area contributed by atoms with Crippen LogP contribution in [0.15, 0.2) is 18.2 Å². The van der Waals surface area contributed by atoms with Crippen LogP contribution in [0, 0.1) is 5.92 Å². The number of nitrogens with one attached hydrogen (secondary N) is 1. The Kier molecular flexibility index (Phi) is 9.07. The molecule has 1 saturated heterocycles. The number of likely N-dealkylation sites (tertiary alicyclic amines) is 1. The number of rotatable bonds is 11. The van der Waals surface area contributed by atoms with Gasteiger partial charge in [0.2, 0.25) is 5.91 Å². The number of piperidine rings is 1. The summed E-state index contributed by atoms with van der Waals surface area (Å²) in [5, 5.41) is 2.95. The van der Waals surface area contributed by atoms with Gasteiger partial charge in [-0.05, 0) is 63.9 Å². The normalized spacial score (nSPS) is 17.1. The molecule has 3 N–H and O–H groups in total. The topological polar surface area (TPSA) is 93.9 Å². The predicted molar refractivity (Wildman–Crippen MR) is 109 cm³/mol. The van der Waals surface area contributed by atoms with Crippen LogP contribution < -0.4 is 20.5 Å². The van der Waals surface area contributed by atoms with Crippen LogP contribution in [0.2, 0.25) is 0 Å². The molecule has 0 radical (unpaired) electrons. The fraction of sp³-hybridized carbons (Fsp3) is 0.619. The molecule has 1 unspecified atom stereocenters. The van der Waals surface area contributed by atoms with E-state index in [9.17, 15) is 9.59 Å². The van der Waals surface area contributed by atoms with Gasteiger partial charge in [-0.25, -0.2) is 0 Å². The van der Waals surface area contributed by atoms with Gasteiger partial charge in [-0.1, -0.05) is 6.92 Å². The van der Waals surface area contributed by atoms with Crippen LogP contribution in [0.25, 0.3) is 0 Å². The van der Waals surface area contributed by atoms with Gasteiger partial charge >= 0.3 is 0 Å². The van der Waals surface area contributed by atoms with Gasteiger partial charge in [0.05, 0.1) is 19.1 Å². The Morgan fingerprint density at radius 3 is 2.79 bits per heavy atom. The van der Waals surface area contributed by atoms with Crippen molar-refractivity contribution >= 4 is 11.8 Å². The van der Waals surface area contributed by atoms with Crippen molar-refractivity contribution in [3.8, 4) is 11.5 Å². The molecule has 1 aromatic carbocycles. The van der Waals surface area contributed by atoms with Crippen molar-refractivity contribution in [2.24, 2.45) is 11.7 Å². The maximum absolute atomic E-state index is 12.4. The van der Waals surface area contributed by atoms with Gasteiger partial charge in [0.15, 0.2) is 11.5 Å². The zero-order valence-corrected chi connectivity index (χ0v) is 17.0. The molecule has 28 heavy (non-hydrogen) atoms. The Labute approximate surface area is 167 Å². The average Bonchev–Trinajstić information content (AvgIpc) is 2.70. The van der Waals surface area contributed by atoms with Crippen molar-refractivity contribution in [1.82, 2.24) is 10.2 Å². The van der Waals surface area contributed by atoms with E-state index in [1.807, 2.05) is 13.8 Å². The lowest BCUT2D eigenvalue weighted by Crippen LogP contribution is -2.42. The number of amides is 2.